The van der Waals surface area contributed by atoms with E-state index in [1.165, 1.54) is 12.3 Å². The van der Waals surface area contributed by atoms with Crippen molar-refractivity contribution in [3.63, 3.8) is 0 Å². The number of anilines is 1. The molecule has 0 bridgehead atoms. The van der Waals surface area contributed by atoms with Gasteiger partial charge in [0.15, 0.2) is 5.65 Å². The quantitative estimate of drug-likeness (QED) is 0.256. The van der Waals surface area contributed by atoms with Crippen molar-refractivity contribution in [2.45, 2.75) is 44.1 Å². The van der Waals surface area contributed by atoms with Gasteiger partial charge >= 0.3 is 6.18 Å². The Kier molecular flexibility index (Phi) is 6.18. The van der Waals surface area contributed by atoms with Gasteiger partial charge in [-0.3, -0.25) is 0 Å². The lowest BCUT2D eigenvalue weighted by Crippen LogP contribution is -2.45. The second-order valence-corrected chi connectivity index (χ2v) is 8.62. The predicted molar refractivity (Wildman–Crippen MR) is 117 cm³/mol. The zero-order valence-corrected chi connectivity index (χ0v) is 19.1. The number of rotatable bonds is 6. The van der Waals surface area contributed by atoms with Gasteiger partial charge in [0.2, 0.25) is 0 Å². The molecule has 0 spiro atoms. The Bertz CT molecular complexity index is 1120. The lowest BCUT2D eigenvalue weighted by atomic mass is 9.89. The number of ether oxygens (including phenoxy) is 1. The fourth-order valence-electron chi connectivity index (χ4n) is 3.50. The molecule has 0 aliphatic heterocycles. The number of hydrogen-bond acceptors (Lipinski definition) is 5. The molecule has 1 atom stereocenters. The molecule has 6 nitrogen and oxygen atoms in total. The van der Waals surface area contributed by atoms with Gasteiger partial charge in [-0.2, -0.15) is 22.8 Å². The number of aromatic nitrogens is 3. The van der Waals surface area contributed by atoms with E-state index in [0.717, 1.165) is 23.6 Å². The van der Waals surface area contributed by atoms with Crippen molar-refractivity contribution >= 4 is 34.1 Å². The topological polar surface area (TPSA) is 63.5 Å². The van der Waals surface area contributed by atoms with Crippen LogP contribution >= 0.6 is 22.6 Å². The molecule has 1 fully saturated rings. The summed E-state index contributed by atoms with van der Waals surface area (Å²) in [5.41, 5.74) is -0.427. The number of nitrogens with one attached hydrogen (secondary N) is 2. The average molecular weight is 567 g/mol. The van der Waals surface area contributed by atoms with Crippen molar-refractivity contribution in [3.8, 4) is 16.9 Å². The van der Waals surface area contributed by atoms with Gasteiger partial charge in [-0.15, -0.1) is 0 Å². The summed E-state index contributed by atoms with van der Waals surface area (Å²) in [5.74, 6) is -2.14. The molecule has 0 radical (unpaired) electrons. The van der Waals surface area contributed by atoms with E-state index in [1.807, 2.05) is 7.05 Å². The molecule has 32 heavy (non-hydrogen) atoms. The Morgan fingerprint density at radius 1 is 1.19 bits per heavy atom. The summed E-state index contributed by atoms with van der Waals surface area (Å²) in [6.07, 6.45) is -1.99. The van der Waals surface area contributed by atoms with Gasteiger partial charge in [-0.1, -0.05) is 0 Å². The third-order valence-electron chi connectivity index (χ3n) is 5.41. The number of benzene rings is 1. The highest BCUT2D eigenvalue weighted by molar-refractivity contribution is 14.1. The minimum absolute atomic E-state index is 0.0182. The summed E-state index contributed by atoms with van der Waals surface area (Å²) >= 11 is 1.74. The van der Waals surface area contributed by atoms with E-state index >= 15 is 8.78 Å². The molecule has 2 heterocycles. The summed E-state index contributed by atoms with van der Waals surface area (Å²) < 4.78 is 76.8. The second kappa shape index (κ2) is 8.61. The fraction of sp³-hybridized carbons (Fsp3) is 0.400. The van der Waals surface area contributed by atoms with E-state index in [1.54, 1.807) is 22.6 Å². The van der Waals surface area contributed by atoms with Crippen LogP contribution in [0.1, 0.15) is 19.8 Å². The van der Waals surface area contributed by atoms with Crippen molar-refractivity contribution in [2.24, 2.45) is 0 Å². The summed E-state index contributed by atoms with van der Waals surface area (Å²) in [4.78, 5) is 4.23. The number of fused-ring (bicyclic) bond motifs is 1. The van der Waals surface area contributed by atoms with Crippen LogP contribution in [0.5, 0.6) is 5.75 Å². The molecular formula is C20H19F5IN5O. The van der Waals surface area contributed by atoms with Gasteiger partial charge in [0.25, 0.3) is 0 Å². The Morgan fingerprint density at radius 3 is 2.44 bits per heavy atom. The number of alkyl halides is 3. The molecule has 1 aliphatic carbocycles. The van der Waals surface area contributed by atoms with Crippen molar-refractivity contribution in [3.05, 3.63) is 39.7 Å². The molecule has 1 saturated carbocycles. The molecular weight excluding hydrogens is 548 g/mol. The SMILES string of the molecule is CNC1CC(Oc2cc(F)c(-c3c(I)nc4ccnn4c3N[C@@H](C)C(F)(F)F)c(F)c2)C1. The highest BCUT2D eigenvalue weighted by Crippen LogP contribution is 2.39. The third-order valence-corrected chi connectivity index (χ3v) is 6.19. The van der Waals surface area contributed by atoms with Gasteiger partial charge in [0.05, 0.1) is 17.3 Å². The fourth-order valence-corrected chi connectivity index (χ4v) is 4.27. The second-order valence-electron chi connectivity index (χ2n) is 7.59. The highest BCUT2D eigenvalue weighted by atomic mass is 127. The van der Waals surface area contributed by atoms with E-state index in [-0.39, 0.29) is 32.6 Å². The molecule has 1 aliphatic rings. The van der Waals surface area contributed by atoms with E-state index in [4.69, 9.17) is 4.74 Å². The maximum Gasteiger partial charge on any atom is 0.408 e. The maximum atomic E-state index is 15.1. The van der Waals surface area contributed by atoms with E-state index < -0.39 is 29.4 Å². The van der Waals surface area contributed by atoms with Gasteiger partial charge in [0, 0.05) is 24.2 Å². The average Bonchev–Trinajstić information content (AvgIpc) is 3.13. The van der Waals surface area contributed by atoms with Crippen molar-refractivity contribution in [2.75, 3.05) is 12.4 Å². The van der Waals surface area contributed by atoms with Crippen LogP contribution in [0.25, 0.3) is 16.8 Å². The summed E-state index contributed by atoms with van der Waals surface area (Å²) in [6.45, 7) is 0.910. The summed E-state index contributed by atoms with van der Waals surface area (Å²) in [6, 6.07) is 1.85. The van der Waals surface area contributed by atoms with Crippen LogP contribution in [0.15, 0.2) is 24.4 Å². The Hall–Kier alpha value is -2.22. The van der Waals surface area contributed by atoms with Crippen LogP contribution in [0.3, 0.4) is 0 Å². The van der Waals surface area contributed by atoms with Crippen molar-refractivity contribution < 1.29 is 26.7 Å². The Labute approximate surface area is 193 Å². The molecule has 4 rings (SSSR count). The first-order valence-corrected chi connectivity index (χ1v) is 10.9. The minimum Gasteiger partial charge on any atom is -0.490 e. The predicted octanol–water partition coefficient (Wildman–Crippen LogP) is 4.77. The van der Waals surface area contributed by atoms with Gasteiger partial charge in [-0.25, -0.2) is 13.8 Å². The first-order chi connectivity index (χ1) is 15.1. The van der Waals surface area contributed by atoms with Crippen LogP contribution in [-0.2, 0) is 0 Å². The van der Waals surface area contributed by atoms with Gasteiger partial charge < -0.3 is 15.4 Å². The molecule has 0 saturated heterocycles. The monoisotopic (exact) mass is 567 g/mol. The normalized spacial score (nSPS) is 19.6. The lowest BCUT2D eigenvalue weighted by molar-refractivity contribution is -0.138. The Balaban J connectivity index is 1.77. The molecule has 2 aromatic heterocycles. The molecule has 0 unspecified atom stereocenters. The largest absolute Gasteiger partial charge is 0.490 e. The lowest BCUT2D eigenvalue weighted by Gasteiger charge is -2.35. The van der Waals surface area contributed by atoms with Crippen LogP contribution in [-0.4, -0.2) is 46.0 Å². The molecule has 12 heteroatoms. The zero-order chi connectivity index (χ0) is 23.2. The summed E-state index contributed by atoms with van der Waals surface area (Å²) in [5, 5.41) is 9.38. The number of hydrogen-bond donors (Lipinski definition) is 2. The van der Waals surface area contributed by atoms with E-state index in [9.17, 15) is 13.2 Å². The molecule has 172 valence electrons. The first-order valence-electron chi connectivity index (χ1n) is 9.78. The minimum atomic E-state index is -4.59. The third kappa shape index (κ3) is 4.34. The molecule has 2 N–H and O–H groups in total. The van der Waals surface area contributed by atoms with Crippen molar-refractivity contribution in [1.29, 1.82) is 0 Å². The Morgan fingerprint density at radius 2 is 1.84 bits per heavy atom. The summed E-state index contributed by atoms with van der Waals surface area (Å²) in [7, 11) is 1.83. The highest BCUT2D eigenvalue weighted by Gasteiger charge is 2.38. The van der Waals surface area contributed by atoms with Gasteiger partial charge in [0.1, 0.15) is 39.0 Å². The zero-order valence-electron chi connectivity index (χ0n) is 17.0. The molecule has 3 aromatic rings. The van der Waals surface area contributed by atoms with Crippen LogP contribution in [0.2, 0.25) is 0 Å². The van der Waals surface area contributed by atoms with Crippen LogP contribution < -0.4 is 15.4 Å². The van der Waals surface area contributed by atoms with Crippen molar-refractivity contribution in [1.82, 2.24) is 19.9 Å². The number of nitrogens with zero attached hydrogens (tertiary/aromatic N) is 3. The smallest absolute Gasteiger partial charge is 0.408 e. The van der Waals surface area contributed by atoms with Crippen LogP contribution in [0.4, 0.5) is 27.8 Å². The van der Waals surface area contributed by atoms with E-state index in [0.29, 0.717) is 18.9 Å². The van der Waals surface area contributed by atoms with Crippen LogP contribution in [0, 0.1) is 15.3 Å². The van der Waals surface area contributed by atoms with Gasteiger partial charge in [-0.05, 0) is 49.4 Å². The van der Waals surface area contributed by atoms with E-state index in [2.05, 4.69) is 20.7 Å². The standard InChI is InChI=1S/C20H19F5IN5O/c1-9(20(23,24)25)29-19-17(18(26)30-15-3-4-28-31(15)19)16-13(21)7-12(8-14(16)22)32-11-5-10(6-11)27-2/h3-4,7-11,27,29H,5-6H2,1-2H3/t9-,10?,11?/m0/s1. The first kappa shape index (κ1) is 23.0. The number of halogens is 6. The maximum absolute atomic E-state index is 15.1. The molecule has 1 aromatic carbocycles. The molecule has 0 amide bonds.